The Hall–Kier alpha value is -2.43. The zero-order chi connectivity index (χ0) is 15.4. The van der Waals surface area contributed by atoms with Gasteiger partial charge in [0.15, 0.2) is 5.78 Å². The molecule has 2 rings (SSSR count). The molecule has 0 atom stereocenters. The van der Waals surface area contributed by atoms with Crippen LogP contribution in [0, 0.1) is 12.7 Å². The normalized spacial score (nSPS) is 10.4. The number of rotatable bonds is 5. The number of carbonyl (C=O) groups excluding carboxylic acids is 2. The van der Waals surface area contributed by atoms with Crippen molar-refractivity contribution in [3.8, 4) is 0 Å². The minimum Gasteiger partial charge on any atom is -0.465 e. The van der Waals surface area contributed by atoms with Gasteiger partial charge in [-0.25, -0.2) is 9.18 Å². The van der Waals surface area contributed by atoms with Gasteiger partial charge in [-0.2, -0.15) is 0 Å². The standard InChI is InChI=1S/C16H15FO4/c1-3-20-16(19)14-8-13(21-10(14)2)9-15(18)11-4-6-12(17)7-5-11/h4-8H,3,9H2,1-2H3. The quantitative estimate of drug-likeness (QED) is 0.626. The van der Waals surface area contributed by atoms with E-state index in [1.165, 1.54) is 30.3 Å². The van der Waals surface area contributed by atoms with E-state index in [4.69, 9.17) is 9.15 Å². The number of ketones is 1. The summed E-state index contributed by atoms with van der Waals surface area (Å²) in [5.74, 6) is -0.288. The monoisotopic (exact) mass is 290 g/mol. The third-order valence-corrected chi connectivity index (χ3v) is 2.97. The lowest BCUT2D eigenvalue weighted by atomic mass is 10.1. The average Bonchev–Trinajstić information content (AvgIpc) is 2.80. The average molecular weight is 290 g/mol. The smallest absolute Gasteiger partial charge is 0.341 e. The lowest BCUT2D eigenvalue weighted by Crippen LogP contribution is -2.05. The highest BCUT2D eigenvalue weighted by Crippen LogP contribution is 2.18. The van der Waals surface area contributed by atoms with Crippen LogP contribution in [0.3, 0.4) is 0 Å². The Morgan fingerprint density at radius 2 is 1.90 bits per heavy atom. The zero-order valence-corrected chi connectivity index (χ0v) is 11.8. The molecule has 21 heavy (non-hydrogen) atoms. The molecule has 2 aromatic rings. The molecule has 0 saturated heterocycles. The van der Waals surface area contributed by atoms with Gasteiger partial charge in [0.1, 0.15) is 22.9 Å². The summed E-state index contributed by atoms with van der Waals surface area (Å²) >= 11 is 0. The SMILES string of the molecule is CCOC(=O)c1cc(CC(=O)c2ccc(F)cc2)oc1C. The van der Waals surface area contributed by atoms with Crippen LogP contribution >= 0.6 is 0 Å². The number of hydrogen-bond donors (Lipinski definition) is 0. The molecule has 1 heterocycles. The molecule has 110 valence electrons. The summed E-state index contributed by atoms with van der Waals surface area (Å²) in [6.07, 6.45) is 0.00583. The van der Waals surface area contributed by atoms with Crippen molar-refractivity contribution in [2.75, 3.05) is 6.61 Å². The number of esters is 1. The molecule has 0 aliphatic heterocycles. The summed E-state index contributed by atoms with van der Waals surface area (Å²) in [5, 5.41) is 0. The van der Waals surface area contributed by atoms with E-state index in [1.54, 1.807) is 13.8 Å². The molecule has 0 aliphatic carbocycles. The lowest BCUT2D eigenvalue weighted by molar-refractivity contribution is 0.0524. The van der Waals surface area contributed by atoms with Gasteiger partial charge in [-0.3, -0.25) is 4.79 Å². The van der Waals surface area contributed by atoms with Gasteiger partial charge in [-0.05, 0) is 44.2 Å². The fourth-order valence-corrected chi connectivity index (χ4v) is 1.94. The zero-order valence-electron chi connectivity index (χ0n) is 11.8. The highest BCUT2D eigenvalue weighted by Gasteiger charge is 2.18. The summed E-state index contributed by atoms with van der Waals surface area (Å²) in [6, 6.07) is 6.80. The second-order valence-corrected chi connectivity index (χ2v) is 4.51. The summed E-state index contributed by atoms with van der Waals surface area (Å²) < 4.78 is 23.1. The molecule has 1 aromatic heterocycles. The number of furan rings is 1. The number of benzene rings is 1. The first kappa shape index (κ1) is 15.0. The van der Waals surface area contributed by atoms with Crippen molar-refractivity contribution >= 4 is 11.8 Å². The molecular formula is C16H15FO4. The number of halogens is 1. The largest absolute Gasteiger partial charge is 0.465 e. The van der Waals surface area contributed by atoms with Crippen molar-refractivity contribution in [1.82, 2.24) is 0 Å². The molecule has 0 radical (unpaired) electrons. The molecule has 0 bridgehead atoms. The summed E-state index contributed by atoms with van der Waals surface area (Å²) in [5.41, 5.74) is 0.710. The van der Waals surface area contributed by atoms with Crippen molar-refractivity contribution in [2.24, 2.45) is 0 Å². The van der Waals surface area contributed by atoms with E-state index in [9.17, 15) is 14.0 Å². The van der Waals surface area contributed by atoms with Crippen molar-refractivity contribution in [2.45, 2.75) is 20.3 Å². The number of Topliss-reactive ketones (excluding diaryl/α,β-unsaturated/α-hetero) is 1. The van der Waals surface area contributed by atoms with Crippen LogP contribution < -0.4 is 0 Å². The highest BCUT2D eigenvalue weighted by molar-refractivity contribution is 5.97. The van der Waals surface area contributed by atoms with Gasteiger partial charge in [0, 0.05) is 5.56 Å². The van der Waals surface area contributed by atoms with Gasteiger partial charge >= 0.3 is 5.97 Å². The highest BCUT2D eigenvalue weighted by atomic mass is 19.1. The molecule has 4 nitrogen and oxygen atoms in total. The van der Waals surface area contributed by atoms with Crippen LogP contribution in [0.2, 0.25) is 0 Å². The second-order valence-electron chi connectivity index (χ2n) is 4.51. The van der Waals surface area contributed by atoms with E-state index in [0.717, 1.165) is 0 Å². The summed E-state index contributed by atoms with van der Waals surface area (Å²) in [4.78, 5) is 23.7. The van der Waals surface area contributed by atoms with E-state index >= 15 is 0 Å². The predicted molar refractivity (Wildman–Crippen MR) is 73.8 cm³/mol. The van der Waals surface area contributed by atoms with E-state index in [2.05, 4.69) is 0 Å². The van der Waals surface area contributed by atoms with Crippen LogP contribution in [0.15, 0.2) is 34.7 Å². The van der Waals surface area contributed by atoms with Crippen LogP contribution in [0.4, 0.5) is 4.39 Å². The van der Waals surface area contributed by atoms with Crippen molar-refractivity contribution in [1.29, 1.82) is 0 Å². The number of carbonyl (C=O) groups is 2. The molecule has 0 N–H and O–H groups in total. The summed E-state index contributed by atoms with van der Waals surface area (Å²) in [6.45, 7) is 3.62. The Balaban J connectivity index is 2.13. The first-order valence-corrected chi connectivity index (χ1v) is 6.56. The van der Waals surface area contributed by atoms with Gasteiger partial charge < -0.3 is 9.15 Å². The van der Waals surface area contributed by atoms with Crippen LogP contribution in [-0.2, 0) is 11.2 Å². The Bertz CT molecular complexity index is 655. The molecule has 0 amide bonds. The Labute approximate surface area is 121 Å². The van der Waals surface area contributed by atoms with Gasteiger partial charge in [0.2, 0.25) is 0 Å². The Morgan fingerprint density at radius 3 is 2.52 bits per heavy atom. The second kappa shape index (κ2) is 6.35. The molecule has 0 spiro atoms. The predicted octanol–water partition coefficient (Wildman–Crippen LogP) is 3.33. The van der Waals surface area contributed by atoms with Gasteiger partial charge in [0.05, 0.1) is 13.0 Å². The molecule has 1 aromatic carbocycles. The molecule has 0 unspecified atom stereocenters. The van der Waals surface area contributed by atoms with Gasteiger partial charge in [-0.1, -0.05) is 0 Å². The van der Waals surface area contributed by atoms with Crippen LogP contribution in [0.5, 0.6) is 0 Å². The van der Waals surface area contributed by atoms with Gasteiger partial charge in [-0.15, -0.1) is 0 Å². The molecule has 0 saturated carbocycles. The van der Waals surface area contributed by atoms with Crippen molar-refractivity contribution in [3.05, 3.63) is 58.8 Å². The van der Waals surface area contributed by atoms with Crippen LogP contribution in [0.1, 0.15) is 39.2 Å². The van der Waals surface area contributed by atoms with E-state index in [-0.39, 0.29) is 18.8 Å². The number of ether oxygens (including phenoxy) is 1. The number of hydrogen-bond acceptors (Lipinski definition) is 4. The molecule has 0 aliphatic rings. The first-order chi connectivity index (χ1) is 10.0. The van der Waals surface area contributed by atoms with Gasteiger partial charge in [0.25, 0.3) is 0 Å². The lowest BCUT2D eigenvalue weighted by Gasteiger charge is -1.98. The van der Waals surface area contributed by atoms with Crippen molar-refractivity contribution < 1.29 is 23.1 Å². The van der Waals surface area contributed by atoms with Crippen LogP contribution in [0.25, 0.3) is 0 Å². The summed E-state index contributed by atoms with van der Waals surface area (Å²) in [7, 11) is 0. The minimum atomic E-state index is -0.473. The molecular weight excluding hydrogens is 275 g/mol. The Morgan fingerprint density at radius 1 is 1.24 bits per heavy atom. The number of aryl methyl sites for hydroxylation is 1. The fraction of sp³-hybridized carbons (Fsp3) is 0.250. The molecule has 0 fully saturated rings. The first-order valence-electron chi connectivity index (χ1n) is 6.56. The Kier molecular flexibility index (Phi) is 4.52. The third kappa shape index (κ3) is 3.56. The maximum absolute atomic E-state index is 12.8. The van der Waals surface area contributed by atoms with E-state index < -0.39 is 11.8 Å². The molecule has 5 heteroatoms. The fourth-order valence-electron chi connectivity index (χ4n) is 1.94. The maximum Gasteiger partial charge on any atom is 0.341 e. The topological polar surface area (TPSA) is 56.5 Å². The van der Waals surface area contributed by atoms with Crippen molar-refractivity contribution in [3.63, 3.8) is 0 Å². The van der Waals surface area contributed by atoms with Crippen LogP contribution in [-0.4, -0.2) is 18.4 Å². The maximum atomic E-state index is 12.8. The van der Waals surface area contributed by atoms with E-state index in [1.807, 2.05) is 0 Å². The minimum absolute atomic E-state index is 0.00583. The van der Waals surface area contributed by atoms with E-state index in [0.29, 0.717) is 22.6 Å². The third-order valence-electron chi connectivity index (χ3n) is 2.97.